The molecule has 0 spiro atoms. The number of methoxy groups -OCH3 is 1. The number of hydrogen-bond donors (Lipinski definition) is 0. The van der Waals surface area contributed by atoms with E-state index in [2.05, 4.69) is 28.6 Å². The summed E-state index contributed by atoms with van der Waals surface area (Å²) in [5, 5.41) is 19.5. The third-order valence-electron chi connectivity index (χ3n) is 4.50. The van der Waals surface area contributed by atoms with E-state index in [0.29, 0.717) is 12.0 Å². The molecule has 27 heavy (non-hydrogen) atoms. The van der Waals surface area contributed by atoms with Crippen molar-refractivity contribution in [2.45, 2.75) is 26.8 Å². The summed E-state index contributed by atoms with van der Waals surface area (Å²) in [7, 11) is 1.64. The van der Waals surface area contributed by atoms with Gasteiger partial charge in [0.1, 0.15) is 11.8 Å². The van der Waals surface area contributed by atoms with Gasteiger partial charge in [0.15, 0.2) is 0 Å². The second-order valence-electron chi connectivity index (χ2n) is 6.19. The maximum absolute atomic E-state index is 9.80. The van der Waals surface area contributed by atoms with Crippen molar-refractivity contribution in [3.05, 3.63) is 48.0 Å². The van der Waals surface area contributed by atoms with Crippen molar-refractivity contribution >= 4 is 22.3 Å². The number of hydrogen-bond acceptors (Lipinski definition) is 4. The number of benzene rings is 2. The van der Waals surface area contributed by atoms with Crippen LogP contribution in [0.15, 0.2) is 47.5 Å². The highest BCUT2D eigenvalue weighted by atomic mass is 16.5. The first-order valence-corrected chi connectivity index (χ1v) is 8.74. The lowest BCUT2D eigenvalue weighted by Crippen LogP contribution is -1.97. The number of aromatic nitrogens is 1. The molecule has 0 unspecified atom stereocenters. The fraction of sp³-hybridized carbons (Fsp3) is 0.227. The first-order chi connectivity index (χ1) is 13.1. The molecule has 0 fully saturated rings. The number of aliphatic imine (C=N–C) groups is 1. The number of ether oxygens (including phenoxy) is 1. The highest BCUT2D eigenvalue weighted by Crippen LogP contribution is 2.35. The lowest BCUT2D eigenvalue weighted by atomic mass is 10.1. The van der Waals surface area contributed by atoms with Crippen molar-refractivity contribution in [1.29, 1.82) is 10.5 Å². The van der Waals surface area contributed by atoms with Crippen LogP contribution in [0.1, 0.15) is 25.8 Å². The summed E-state index contributed by atoms with van der Waals surface area (Å²) >= 11 is 0. The van der Waals surface area contributed by atoms with Crippen LogP contribution in [-0.4, -0.2) is 17.4 Å². The maximum atomic E-state index is 9.80. The second-order valence-corrected chi connectivity index (χ2v) is 6.19. The lowest BCUT2D eigenvalue weighted by molar-refractivity contribution is 0.415. The lowest BCUT2D eigenvalue weighted by Gasteiger charge is -2.09. The van der Waals surface area contributed by atoms with E-state index in [-0.39, 0.29) is 0 Å². The van der Waals surface area contributed by atoms with Crippen LogP contribution in [0, 0.1) is 22.7 Å². The zero-order valence-electron chi connectivity index (χ0n) is 15.7. The minimum absolute atomic E-state index is 0.312. The molecule has 0 N–H and O–H groups in total. The van der Waals surface area contributed by atoms with E-state index in [4.69, 9.17) is 10.00 Å². The summed E-state index contributed by atoms with van der Waals surface area (Å²) in [4.78, 5) is 4.44. The monoisotopic (exact) mass is 356 g/mol. The van der Waals surface area contributed by atoms with Gasteiger partial charge in [0.05, 0.1) is 42.1 Å². The fourth-order valence-corrected chi connectivity index (χ4v) is 3.27. The van der Waals surface area contributed by atoms with Crippen molar-refractivity contribution in [3.63, 3.8) is 0 Å². The summed E-state index contributed by atoms with van der Waals surface area (Å²) in [6, 6.07) is 18.0. The van der Waals surface area contributed by atoms with Crippen LogP contribution in [0.3, 0.4) is 0 Å². The minimum atomic E-state index is 0.312. The standard InChI is InChI=1S/C22H20N4O/c1-4-26-21-13-18(27-3)9-10-19(21)20(14-24)22(26)16-5-7-17(8-6-16)25-15(2)11-12-23/h5-10,13H,4,11H2,1-3H3. The average Bonchev–Trinajstić information content (AvgIpc) is 3.01. The average molecular weight is 356 g/mol. The molecule has 134 valence electrons. The van der Waals surface area contributed by atoms with Gasteiger partial charge in [-0.3, -0.25) is 4.99 Å². The molecule has 0 amide bonds. The molecule has 3 rings (SSSR count). The normalized spacial score (nSPS) is 11.2. The van der Waals surface area contributed by atoms with Gasteiger partial charge in [0, 0.05) is 23.7 Å². The molecular weight excluding hydrogens is 336 g/mol. The molecule has 5 nitrogen and oxygen atoms in total. The summed E-state index contributed by atoms with van der Waals surface area (Å²) < 4.78 is 7.48. The Labute approximate surface area is 158 Å². The Morgan fingerprint density at radius 1 is 1.15 bits per heavy atom. The maximum Gasteiger partial charge on any atom is 0.120 e. The molecule has 1 aromatic heterocycles. The number of rotatable bonds is 5. The Bertz CT molecular complexity index is 1090. The summed E-state index contributed by atoms with van der Waals surface area (Å²) in [5.74, 6) is 0.767. The van der Waals surface area contributed by atoms with Gasteiger partial charge < -0.3 is 9.30 Å². The molecule has 0 saturated carbocycles. The highest BCUT2D eigenvalue weighted by molar-refractivity contribution is 5.95. The molecule has 0 radical (unpaired) electrons. The zero-order chi connectivity index (χ0) is 19.4. The number of fused-ring (bicyclic) bond motifs is 1. The summed E-state index contributed by atoms with van der Waals surface area (Å²) in [5.41, 5.74) is 5.07. The van der Waals surface area contributed by atoms with Crippen molar-refractivity contribution in [2.75, 3.05) is 7.11 Å². The molecular formula is C22H20N4O. The van der Waals surface area contributed by atoms with Crippen LogP contribution in [0.2, 0.25) is 0 Å². The van der Waals surface area contributed by atoms with Gasteiger partial charge >= 0.3 is 0 Å². The van der Waals surface area contributed by atoms with Gasteiger partial charge in [-0.15, -0.1) is 0 Å². The van der Waals surface area contributed by atoms with Crippen LogP contribution in [0.5, 0.6) is 5.75 Å². The van der Waals surface area contributed by atoms with E-state index in [9.17, 15) is 5.26 Å². The van der Waals surface area contributed by atoms with E-state index in [0.717, 1.165) is 45.9 Å². The highest BCUT2D eigenvalue weighted by Gasteiger charge is 2.18. The zero-order valence-corrected chi connectivity index (χ0v) is 15.7. The number of nitrogens with zero attached hydrogens (tertiary/aromatic N) is 4. The summed E-state index contributed by atoms with van der Waals surface area (Å²) in [6.45, 7) is 4.64. The van der Waals surface area contributed by atoms with Crippen molar-refractivity contribution in [1.82, 2.24) is 4.57 Å². The Kier molecular flexibility index (Phi) is 5.24. The fourth-order valence-electron chi connectivity index (χ4n) is 3.27. The topological polar surface area (TPSA) is 74.1 Å². The van der Waals surface area contributed by atoms with Gasteiger partial charge in [0.2, 0.25) is 0 Å². The minimum Gasteiger partial charge on any atom is -0.497 e. The Morgan fingerprint density at radius 3 is 2.48 bits per heavy atom. The Balaban J connectivity index is 2.15. The second kappa shape index (κ2) is 7.76. The predicted octanol–water partition coefficient (Wildman–Crippen LogP) is 5.21. The van der Waals surface area contributed by atoms with Crippen LogP contribution in [0.4, 0.5) is 5.69 Å². The van der Waals surface area contributed by atoms with Crippen molar-refractivity contribution in [3.8, 4) is 29.1 Å². The van der Waals surface area contributed by atoms with E-state index in [1.165, 1.54) is 0 Å². The predicted molar refractivity (Wildman–Crippen MR) is 107 cm³/mol. The first-order valence-electron chi connectivity index (χ1n) is 8.74. The first kappa shape index (κ1) is 18.2. The van der Waals surface area contributed by atoms with E-state index in [1.807, 2.05) is 49.4 Å². The van der Waals surface area contributed by atoms with Gasteiger partial charge in [-0.1, -0.05) is 12.1 Å². The van der Waals surface area contributed by atoms with E-state index < -0.39 is 0 Å². The van der Waals surface area contributed by atoms with E-state index >= 15 is 0 Å². The smallest absolute Gasteiger partial charge is 0.120 e. The molecule has 2 aromatic carbocycles. The Morgan fingerprint density at radius 2 is 1.89 bits per heavy atom. The SMILES string of the molecule is CCn1c(-c2ccc(N=C(C)CC#N)cc2)c(C#N)c2ccc(OC)cc21. The number of nitriles is 2. The van der Waals surface area contributed by atoms with Crippen molar-refractivity contribution in [2.24, 2.45) is 4.99 Å². The van der Waals surface area contributed by atoms with Gasteiger partial charge in [0.25, 0.3) is 0 Å². The van der Waals surface area contributed by atoms with E-state index in [1.54, 1.807) is 7.11 Å². The molecule has 1 heterocycles. The van der Waals surface area contributed by atoms with Gasteiger partial charge in [-0.05, 0) is 43.7 Å². The quantitative estimate of drug-likeness (QED) is 0.589. The molecule has 0 atom stereocenters. The van der Waals surface area contributed by atoms with Crippen LogP contribution >= 0.6 is 0 Å². The van der Waals surface area contributed by atoms with Crippen LogP contribution in [-0.2, 0) is 6.54 Å². The molecule has 0 saturated heterocycles. The van der Waals surface area contributed by atoms with Crippen molar-refractivity contribution < 1.29 is 4.74 Å². The summed E-state index contributed by atoms with van der Waals surface area (Å²) in [6.07, 6.45) is 0.312. The number of aryl methyl sites for hydroxylation is 1. The largest absolute Gasteiger partial charge is 0.497 e. The third kappa shape index (κ3) is 3.41. The molecule has 0 aliphatic carbocycles. The van der Waals surface area contributed by atoms with Crippen LogP contribution < -0.4 is 4.74 Å². The molecule has 5 heteroatoms. The molecule has 0 bridgehead atoms. The van der Waals surface area contributed by atoms with Gasteiger partial charge in [-0.25, -0.2) is 0 Å². The molecule has 3 aromatic rings. The molecule has 0 aliphatic heterocycles. The molecule has 0 aliphatic rings. The van der Waals surface area contributed by atoms with Gasteiger partial charge in [-0.2, -0.15) is 10.5 Å². The Hall–Kier alpha value is -3.57. The third-order valence-corrected chi connectivity index (χ3v) is 4.50. The van der Waals surface area contributed by atoms with Crippen LogP contribution in [0.25, 0.3) is 22.2 Å².